The van der Waals surface area contributed by atoms with E-state index in [0.717, 1.165) is 30.8 Å². The molecule has 3 aromatic rings. The van der Waals surface area contributed by atoms with Gasteiger partial charge in [-0.25, -0.2) is 0 Å². The van der Waals surface area contributed by atoms with Gasteiger partial charge in [-0.15, -0.1) is 0 Å². The van der Waals surface area contributed by atoms with Gasteiger partial charge >= 0.3 is 0 Å². The van der Waals surface area contributed by atoms with Crippen LogP contribution in [0.2, 0.25) is 10.0 Å². The molecule has 2 aromatic carbocycles. The van der Waals surface area contributed by atoms with Crippen LogP contribution >= 0.6 is 23.2 Å². The van der Waals surface area contributed by atoms with Gasteiger partial charge in [0.15, 0.2) is 0 Å². The molecule has 0 unspecified atom stereocenters. The highest BCUT2D eigenvalue weighted by Gasteiger charge is 2.13. The molecule has 0 aliphatic carbocycles. The first-order valence-corrected chi connectivity index (χ1v) is 8.33. The SMILES string of the molecule is OCCCNCc1ccc(-n2c(O)nc3cc(Cl)c(Cl)cc32)cc1. The number of nitrogens with zero attached hydrogens (tertiary/aromatic N) is 2. The van der Waals surface area contributed by atoms with Crippen molar-refractivity contribution in [2.24, 2.45) is 0 Å². The Morgan fingerprint density at radius 1 is 1.08 bits per heavy atom. The summed E-state index contributed by atoms with van der Waals surface area (Å²) >= 11 is 12.1. The summed E-state index contributed by atoms with van der Waals surface area (Å²) in [6.45, 7) is 1.67. The molecule has 7 heteroatoms. The number of rotatable bonds is 6. The molecular formula is C17H17Cl2N3O2. The Morgan fingerprint density at radius 3 is 2.50 bits per heavy atom. The van der Waals surface area contributed by atoms with Crippen LogP contribution < -0.4 is 5.32 Å². The van der Waals surface area contributed by atoms with Crippen molar-refractivity contribution in [3.8, 4) is 11.7 Å². The Kier molecular flexibility index (Phi) is 5.26. The first-order chi connectivity index (χ1) is 11.6. The van der Waals surface area contributed by atoms with E-state index in [-0.39, 0.29) is 12.6 Å². The number of hydrogen-bond acceptors (Lipinski definition) is 4. The van der Waals surface area contributed by atoms with Crippen LogP contribution in [0, 0.1) is 0 Å². The molecule has 0 radical (unpaired) electrons. The summed E-state index contributed by atoms with van der Waals surface area (Å²) in [6.07, 6.45) is 0.732. The number of aliphatic hydroxyl groups is 1. The van der Waals surface area contributed by atoms with Crippen molar-refractivity contribution >= 4 is 34.2 Å². The fourth-order valence-electron chi connectivity index (χ4n) is 2.51. The third-order valence-electron chi connectivity index (χ3n) is 3.71. The predicted molar refractivity (Wildman–Crippen MR) is 96.2 cm³/mol. The lowest BCUT2D eigenvalue weighted by Crippen LogP contribution is -2.15. The zero-order valence-corrected chi connectivity index (χ0v) is 14.3. The topological polar surface area (TPSA) is 70.3 Å². The summed E-state index contributed by atoms with van der Waals surface area (Å²) < 4.78 is 1.63. The van der Waals surface area contributed by atoms with E-state index in [4.69, 9.17) is 28.3 Å². The van der Waals surface area contributed by atoms with Crippen molar-refractivity contribution in [3.63, 3.8) is 0 Å². The predicted octanol–water partition coefficient (Wildman–Crippen LogP) is 3.51. The second kappa shape index (κ2) is 7.40. The minimum absolute atomic E-state index is 0.114. The van der Waals surface area contributed by atoms with E-state index in [9.17, 15) is 5.11 Å². The molecule has 3 rings (SSSR count). The van der Waals surface area contributed by atoms with Crippen LogP contribution in [0.25, 0.3) is 16.7 Å². The summed E-state index contributed by atoms with van der Waals surface area (Å²) in [4.78, 5) is 4.12. The molecule has 1 heterocycles. The molecule has 0 aliphatic rings. The van der Waals surface area contributed by atoms with Gasteiger partial charge in [0.2, 0.25) is 0 Å². The highest BCUT2D eigenvalue weighted by molar-refractivity contribution is 6.42. The van der Waals surface area contributed by atoms with Crippen molar-refractivity contribution in [2.45, 2.75) is 13.0 Å². The number of hydrogen-bond donors (Lipinski definition) is 3. The quantitative estimate of drug-likeness (QED) is 0.584. The van der Waals surface area contributed by atoms with Crippen molar-refractivity contribution in [1.29, 1.82) is 0 Å². The third-order valence-corrected chi connectivity index (χ3v) is 4.44. The molecule has 0 fully saturated rings. The first kappa shape index (κ1) is 17.0. The average Bonchev–Trinajstić information content (AvgIpc) is 2.88. The second-order valence-electron chi connectivity index (χ2n) is 5.42. The summed E-state index contributed by atoms with van der Waals surface area (Å²) in [7, 11) is 0. The van der Waals surface area contributed by atoms with Gasteiger partial charge in [-0.05, 0) is 42.8 Å². The fourth-order valence-corrected chi connectivity index (χ4v) is 2.83. The van der Waals surface area contributed by atoms with Crippen molar-refractivity contribution in [3.05, 3.63) is 52.0 Å². The zero-order valence-electron chi connectivity index (χ0n) is 12.8. The van der Waals surface area contributed by atoms with E-state index in [0.29, 0.717) is 21.1 Å². The van der Waals surface area contributed by atoms with E-state index in [1.54, 1.807) is 16.7 Å². The molecular weight excluding hydrogens is 349 g/mol. The average molecular weight is 366 g/mol. The minimum Gasteiger partial charge on any atom is -0.480 e. The second-order valence-corrected chi connectivity index (χ2v) is 6.24. The number of nitrogens with one attached hydrogen (secondary N) is 1. The van der Waals surface area contributed by atoms with Crippen molar-refractivity contribution in [2.75, 3.05) is 13.2 Å². The van der Waals surface area contributed by atoms with Gasteiger partial charge in [0.05, 0.1) is 26.8 Å². The summed E-state index contributed by atoms with van der Waals surface area (Å²) in [5.74, 6) is 0. The van der Waals surface area contributed by atoms with Crippen molar-refractivity contribution < 1.29 is 10.2 Å². The molecule has 24 heavy (non-hydrogen) atoms. The van der Waals surface area contributed by atoms with Crippen LogP contribution in [0.4, 0.5) is 0 Å². The van der Waals surface area contributed by atoms with Gasteiger partial charge in [0, 0.05) is 13.2 Å². The van der Waals surface area contributed by atoms with Gasteiger partial charge in [-0.3, -0.25) is 4.57 Å². The Hall–Kier alpha value is -1.79. The van der Waals surface area contributed by atoms with Crippen molar-refractivity contribution in [1.82, 2.24) is 14.9 Å². The summed E-state index contributed by atoms with van der Waals surface area (Å²) in [6, 6.07) is 11.0. The molecule has 126 valence electrons. The van der Waals surface area contributed by atoms with Gasteiger partial charge < -0.3 is 15.5 Å². The molecule has 3 N–H and O–H groups in total. The molecule has 0 atom stereocenters. The number of imidazole rings is 1. The van der Waals surface area contributed by atoms with Gasteiger partial charge in [-0.2, -0.15) is 4.98 Å². The highest BCUT2D eigenvalue weighted by atomic mass is 35.5. The number of benzene rings is 2. The van der Waals surface area contributed by atoms with E-state index >= 15 is 0 Å². The number of halogens is 2. The van der Waals surface area contributed by atoms with E-state index in [2.05, 4.69) is 10.3 Å². The fraction of sp³-hybridized carbons (Fsp3) is 0.235. The molecule has 0 bridgehead atoms. The smallest absolute Gasteiger partial charge is 0.299 e. The van der Waals surface area contributed by atoms with Gasteiger partial charge in [0.25, 0.3) is 6.01 Å². The maximum atomic E-state index is 10.2. The summed E-state index contributed by atoms with van der Waals surface area (Å²) in [5.41, 5.74) is 3.17. The molecule has 0 spiro atoms. The molecule has 5 nitrogen and oxygen atoms in total. The Balaban J connectivity index is 1.88. The standard InChI is InChI=1S/C17H17Cl2N3O2/c18-13-8-15-16(9-14(13)19)22(17(24)21-15)12-4-2-11(3-5-12)10-20-6-1-7-23/h2-5,8-9,20,23H,1,6-7,10H2,(H,21,24). The van der Waals surface area contributed by atoms with Crippen LogP contribution in [0.3, 0.4) is 0 Å². The van der Waals surface area contributed by atoms with Crippen LogP contribution in [0.15, 0.2) is 36.4 Å². The molecule has 0 saturated carbocycles. The number of fused-ring (bicyclic) bond motifs is 1. The maximum absolute atomic E-state index is 10.2. The van der Waals surface area contributed by atoms with Crippen LogP contribution in [-0.4, -0.2) is 32.9 Å². The Labute approximate surface area is 149 Å². The zero-order chi connectivity index (χ0) is 17.1. The van der Waals surface area contributed by atoms with Gasteiger partial charge in [-0.1, -0.05) is 35.3 Å². The highest BCUT2D eigenvalue weighted by Crippen LogP contribution is 2.32. The normalized spacial score (nSPS) is 11.3. The number of aliphatic hydroxyl groups excluding tert-OH is 1. The largest absolute Gasteiger partial charge is 0.480 e. The lowest BCUT2D eigenvalue weighted by molar-refractivity contribution is 0.286. The van der Waals surface area contributed by atoms with E-state index in [1.165, 1.54) is 0 Å². The van der Waals surface area contributed by atoms with Crippen LogP contribution in [-0.2, 0) is 6.54 Å². The minimum atomic E-state index is -0.114. The maximum Gasteiger partial charge on any atom is 0.299 e. The lowest BCUT2D eigenvalue weighted by Gasteiger charge is -2.08. The van der Waals surface area contributed by atoms with E-state index in [1.807, 2.05) is 24.3 Å². The third kappa shape index (κ3) is 3.49. The number of aromatic hydroxyl groups is 1. The molecule has 0 saturated heterocycles. The molecule has 1 aromatic heterocycles. The first-order valence-electron chi connectivity index (χ1n) is 7.57. The van der Waals surface area contributed by atoms with Crippen LogP contribution in [0.5, 0.6) is 6.01 Å². The molecule has 0 amide bonds. The summed E-state index contributed by atoms with van der Waals surface area (Å²) in [5, 5.41) is 23.0. The Morgan fingerprint density at radius 2 is 1.79 bits per heavy atom. The van der Waals surface area contributed by atoms with Gasteiger partial charge in [0.1, 0.15) is 0 Å². The van der Waals surface area contributed by atoms with Crippen LogP contribution in [0.1, 0.15) is 12.0 Å². The monoisotopic (exact) mass is 365 g/mol. The molecule has 0 aliphatic heterocycles. The van der Waals surface area contributed by atoms with E-state index < -0.39 is 0 Å². The Bertz CT molecular complexity index is 847. The number of aromatic nitrogens is 2. The lowest BCUT2D eigenvalue weighted by atomic mass is 10.2.